The van der Waals surface area contributed by atoms with Gasteiger partial charge in [-0.2, -0.15) is 8.78 Å². The van der Waals surface area contributed by atoms with Crippen molar-refractivity contribution in [3.8, 4) is 0 Å². The van der Waals surface area contributed by atoms with Crippen molar-refractivity contribution in [1.29, 1.82) is 0 Å². The second kappa shape index (κ2) is 8.55. The van der Waals surface area contributed by atoms with Crippen molar-refractivity contribution in [3.63, 3.8) is 0 Å². The van der Waals surface area contributed by atoms with Crippen molar-refractivity contribution in [2.24, 2.45) is 0 Å². The fourth-order valence-corrected chi connectivity index (χ4v) is 1.08. The van der Waals surface area contributed by atoms with Crippen LogP contribution in [0.4, 0.5) is 17.6 Å². The lowest BCUT2D eigenvalue weighted by atomic mass is 10.2. The van der Waals surface area contributed by atoms with Crippen LogP contribution in [0, 0.1) is 0 Å². The maximum atomic E-state index is 12.4. The molecule has 0 bridgehead atoms. The van der Waals surface area contributed by atoms with E-state index in [1.165, 1.54) is 0 Å². The average Bonchev–Trinajstić information content (AvgIpc) is 2.34. The number of hydrogen-bond acceptors (Lipinski definition) is 4. The summed E-state index contributed by atoms with van der Waals surface area (Å²) in [6.07, 6.45) is -3.26. The summed E-state index contributed by atoms with van der Waals surface area (Å²) in [5.41, 5.74) is 0. The molecule has 8 heteroatoms. The molecule has 0 saturated carbocycles. The van der Waals surface area contributed by atoms with Crippen molar-refractivity contribution < 1.29 is 36.6 Å². The highest BCUT2D eigenvalue weighted by Gasteiger charge is 2.42. The number of hydrogen-bond donors (Lipinski definition) is 0. The van der Waals surface area contributed by atoms with Gasteiger partial charge < -0.3 is 9.47 Å². The monoisotopic (exact) mass is 300 g/mol. The van der Waals surface area contributed by atoms with Crippen molar-refractivity contribution in [1.82, 2.24) is 0 Å². The summed E-state index contributed by atoms with van der Waals surface area (Å²) in [6, 6.07) is 0. The Hall–Kier alpha value is -1.60. The normalized spacial score (nSPS) is 12.9. The summed E-state index contributed by atoms with van der Waals surface area (Å²) >= 11 is 0. The van der Waals surface area contributed by atoms with Gasteiger partial charge in [0.05, 0.1) is 12.8 Å². The molecule has 20 heavy (non-hydrogen) atoms. The van der Waals surface area contributed by atoms with Crippen LogP contribution in [0.3, 0.4) is 0 Å². The summed E-state index contributed by atoms with van der Waals surface area (Å²) in [5, 5.41) is 0. The van der Waals surface area contributed by atoms with Crippen LogP contribution in [0.15, 0.2) is 12.7 Å². The van der Waals surface area contributed by atoms with Crippen LogP contribution < -0.4 is 0 Å². The van der Waals surface area contributed by atoms with Gasteiger partial charge in [0.2, 0.25) is 0 Å². The Kier molecular flexibility index (Phi) is 7.86. The van der Waals surface area contributed by atoms with E-state index < -0.39 is 43.4 Å². The van der Waals surface area contributed by atoms with Crippen LogP contribution in [-0.4, -0.2) is 37.0 Å². The van der Waals surface area contributed by atoms with E-state index in [4.69, 9.17) is 4.74 Å². The van der Waals surface area contributed by atoms with Gasteiger partial charge in [0, 0.05) is 6.42 Å². The third-order valence-electron chi connectivity index (χ3n) is 2.11. The molecule has 0 fully saturated rings. The lowest BCUT2D eigenvalue weighted by Crippen LogP contribution is -2.33. The van der Waals surface area contributed by atoms with E-state index in [0.29, 0.717) is 6.42 Å². The largest absolute Gasteiger partial charge is 0.462 e. The van der Waals surface area contributed by atoms with Gasteiger partial charge >= 0.3 is 24.3 Å². The van der Waals surface area contributed by atoms with Gasteiger partial charge in [0.1, 0.15) is 6.10 Å². The highest BCUT2D eigenvalue weighted by atomic mass is 19.3. The van der Waals surface area contributed by atoms with Crippen LogP contribution in [-0.2, 0) is 19.1 Å². The Morgan fingerprint density at radius 3 is 2.30 bits per heavy atom. The molecule has 1 atom stereocenters. The minimum atomic E-state index is -4.39. The Labute approximate surface area is 113 Å². The number of carbonyl (C=O) groups is 2. The molecule has 0 radical (unpaired) electrons. The van der Waals surface area contributed by atoms with Gasteiger partial charge in [-0.1, -0.05) is 6.08 Å². The Balaban J connectivity index is 3.94. The van der Waals surface area contributed by atoms with Gasteiger partial charge in [-0.3, -0.25) is 9.59 Å². The Bertz CT molecular complexity index is 344. The summed E-state index contributed by atoms with van der Waals surface area (Å²) in [5.74, 6) is -6.27. The SMILES string of the molecule is C=CCC(C)OC(=O)CCC(=O)OCC(F)(F)C(F)F. The van der Waals surface area contributed by atoms with E-state index in [1.54, 1.807) is 13.0 Å². The van der Waals surface area contributed by atoms with Gasteiger partial charge in [0.15, 0.2) is 6.61 Å². The first-order chi connectivity index (χ1) is 9.19. The minimum absolute atomic E-state index is 0.374. The summed E-state index contributed by atoms with van der Waals surface area (Å²) in [7, 11) is 0. The molecule has 0 heterocycles. The first-order valence-corrected chi connectivity index (χ1v) is 5.81. The predicted octanol–water partition coefficient (Wildman–Crippen LogP) is 2.72. The van der Waals surface area contributed by atoms with Crippen LogP contribution in [0.5, 0.6) is 0 Å². The molecule has 0 aliphatic carbocycles. The summed E-state index contributed by atoms with van der Waals surface area (Å²) in [6.45, 7) is 3.34. The molecule has 0 aromatic carbocycles. The quantitative estimate of drug-likeness (QED) is 0.373. The molecule has 0 amide bonds. The third kappa shape index (κ3) is 7.75. The fourth-order valence-electron chi connectivity index (χ4n) is 1.08. The second-order valence-corrected chi connectivity index (χ2v) is 4.05. The van der Waals surface area contributed by atoms with Crippen molar-refractivity contribution in [3.05, 3.63) is 12.7 Å². The van der Waals surface area contributed by atoms with E-state index in [-0.39, 0.29) is 6.42 Å². The second-order valence-electron chi connectivity index (χ2n) is 4.05. The van der Waals surface area contributed by atoms with E-state index in [9.17, 15) is 27.2 Å². The molecule has 0 N–H and O–H groups in total. The molecule has 0 spiro atoms. The maximum absolute atomic E-state index is 12.4. The number of ether oxygens (including phenoxy) is 2. The van der Waals surface area contributed by atoms with Gasteiger partial charge in [0.25, 0.3) is 0 Å². The molecule has 0 aromatic heterocycles. The first kappa shape index (κ1) is 18.4. The third-order valence-corrected chi connectivity index (χ3v) is 2.11. The molecule has 4 nitrogen and oxygen atoms in total. The number of carbonyl (C=O) groups excluding carboxylic acids is 2. The number of rotatable bonds is 9. The fraction of sp³-hybridized carbons (Fsp3) is 0.667. The van der Waals surface area contributed by atoms with Crippen LogP contribution in [0.1, 0.15) is 26.2 Å². The van der Waals surface area contributed by atoms with Crippen molar-refractivity contribution >= 4 is 11.9 Å². The predicted molar refractivity (Wildman–Crippen MR) is 61.5 cm³/mol. The van der Waals surface area contributed by atoms with E-state index in [0.717, 1.165) is 0 Å². The van der Waals surface area contributed by atoms with E-state index in [2.05, 4.69) is 11.3 Å². The zero-order valence-corrected chi connectivity index (χ0v) is 10.9. The summed E-state index contributed by atoms with van der Waals surface area (Å²) in [4.78, 5) is 22.2. The first-order valence-electron chi connectivity index (χ1n) is 5.81. The Morgan fingerprint density at radius 1 is 1.25 bits per heavy atom. The smallest absolute Gasteiger partial charge is 0.340 e. The van der Waals surface area contributed by atoms with Crippen LogP contribution in [0.25, 0.3) is 0 Å². The average molecular weight is 300 g/mol. The molecule has 0 saturated heterocycles. The molecular formula is C12H16F4O4. The lowest BCUT2D eigenvalue weighted by Gasteiger charge is -2.15. The standard InChI is InChI=1S/C12H16F4O4/c1-3-4-8(2)20-10(18)6-5-9(17)19-7-12(15,16)11(13)14/h3,8,11H,1,4-7H2,2H3. The van der Waals surface area contributed by atoms with Gasteiger partial charge in [-0.05, 0) is 6.92 Å². The zero-order chi connectivity index (χ0) is 15.8. The number of esters is 2. The lowest BCUT2D eigenvalue weighted by molar-refractivity contribution is -0.180. The molecule has 0 rings (SSSR count). The van der Waals surface area contributed by atoms with Crippen molar-refractivity contribution in [2.75, 3.05) is 6.61 Å². The topological polar surface area (TPSA) is 52.6 Å². The van der Waals surface area contributed by atoms with E-state index in [1.807, 2.05) is 0 Å². The maximum Gasteiger partial charge on any atom is 0.340 e. The number of halogens is 4. The molecule has 0 aromatic rings. The molecular weight excluding hydrogens is 284 g/mol. The molecule has 1 unspecified atom stereocenters. The van der Waals surface area contributed by atoms with Crippen molar-refractivity contribution in [2.45, 2.75) is 44.6 Å². The van der Waals surface area contributed by atoms with E-state index >= 15 is 0 Å². The highest BCUT2D eigenvalue weighted by Crippen LogP contribution is 2.23. The Morgan fingerprint density at radius 2 is 1.80 bits per heavy atom. The summed E-state index contributed by atoms with van der Waals surface area (Å²) < 4.78 is 57.2. The van der Waals surface area contributed by atoms with Gasteiger partial charge in [-0.15, -0.1) is 6.58 Å². The molecule has 116 valence electrons. The highest BCUT2D eigenvalue weighted by molar-refractivity contribution is 5.77. The number of alkyl halides is 4. The molecule has 0 aliphatic heterocycles. The zero-order valence-electron chi connectivity index (χ0n) is 10.9. The van der Waals surface area contributed by atoms with Crippen LogP contribution >= 0.6 is 0 Å². The minimum Gasteiger partial charge on any atom is -0.462 e. The van der Waals surface area contributed by atoms with Gasteiger partial charge in [-0.25, -0.2) is 8.78 Å². The van der Waals surface area contributed by atoms with Crippen LogP contribution in [0.2, 0.25) is 0 Å². The molecule has 0 aliphatic rings.